The largest absolute Gasteiger partial charge is 0.383 e. The minimum atomic E-state index is 0.689. The smallest absolute Gasteiger partial charge is 0.0587 e. The highest BCUT2D eigenvalue weighted by Crippen LogP contribution is 2.31. The highest BCUT2D eigenvalue weighted by Gasteiger charge is 2.23. The third-order valence-corrected chi connectivity index (χ3v) is 4.63. The van der Waals surface area contributed by atoms with Crippen LogP contribution in [0.3, 0.4) is 0 Å². The molecule has 21 heavy (non-hydrogen) atoms. The van der Waals surface area contributed by atoms with Gasteiger partial charge in [0.1, 0.15) is 0 Å². The van der Waals surface area contributed by atoms with Gasteiger partial charge in [-0.15, -0.1) is 0 Å². The molecule has 2 atom stereocenters. The van der Waals surface area contributed by atoms with Crippen molar-refractivity contribution in [3.8, 4) is 0 Å². The van der Waals surface area contributed by atoms with E-state index in [1.54, 1.807) is 7.11 Å². The van der Waals surface area contributed by atoms with Crippen molar-refractivity contribution in [3.05, 3.63) is 29.8 Å². The molecule has 0 saturated heterocycles. The van der Waals surface area contributed by atoms with Gasteiger partial charge in [-0.3, -0.25) is 0 Å². The van der Waals surface area contributed by atoms with Gasteiger partial charge in [-0.2, -0.15) is 0 Å². The minimum absolute atomic E-state index is 0.689. The van der Waals surface area contributed by atoms with E-state index in [2.05, 4.69) is 48.5 Å². The number of nitrogens with zero attached hydrogens (tertiary/aromatic N) is 1. The van der Waals surface area contributed by atoms with Gasteiger partial charge in [0.15, 0.2) is 0 Å². The molecule has 1 N–H and O–H groups in total. The van der Waals surface area contributed by atoms with Crippen LogP contribution < -0.4 is 10.2 Å². The molecule has 1 aliphatic carbocycles. The highest BCUT2D eigenvalue weighted by molar-refractivity contribution is 5.53. The number of hydrogen-bond donors (Lipinski definition) is 1. The summed E-state index contributed by atoms with van der Waals surface area (Å²) in [6.45, 7) is 4.96. The van der Waals surface area contributed by atoms with E-state index in [4.69, 9.17) is 4.74 Å². The molecule has 2 rings (SSSR count). The molecule has 0 aliphatic heterocycles. The predicted octanol–water partition coefficient (Wildman–Crippen LogP) is 3.44. The summed E-state index contributed by atoms with van der Waals surface area (Å²) in [4.78, 5) is 2.50. The Morgan fingerprint density at radius 3 is 2.86 bits per heavy atom. The molecule has 3 nitrogen and oxygen atoms in total. The Morgan fingerprint density at radius 2 is 2.10 bits per heavy atom. The summed E-state index contributed by atoms with van der Waals surface area (Å²) in [5.74, 6) is 0.859. The molecular formula is C18H30N2O. The summed E-state index contributed by atoms with van der Waals surface area (Å²) in [5, 5.41) is 3.46. The van der Waals surface area contributed by atoms with Crippen molar-refractivity contribution >= 4 is 5.69 Å². The average molecular weight is 290 g/mol. The van der Waals surface area contributed by atoms with Gasteiger partial charge in [-0.25, -0.2) is 0 Å². The van der Waals surface area contributed by atoms with E-state index >= 15 is 0 Å². The normalized spacial score (nSPS) is 22.2. The van der Waals surface area contributed by atoms with Crippen molar-refractivity contribution in [2.45, 2.75) is 45.2 Å². The Morgan fingerprint density at radius 1 is 1.29 bits per heavy atom. The van der Waals surface area contributed by atoms with E-state index in [1.165, 1.54) is 36.9 Å². The first-order chi connectivity index (χ1) is 10.2. The molecule has 0 bridgehead atoms. The maximum absolute atomic E-state index is 5.09. The van der Waals surface area contributed by atoms with E-state index in [0.717, 1.165) is 25.6 Å². The van der Waals surface area contributed by atoms with Gasteiger partial charge in [-0.05, 0) is 30.4 Å². The van der Waals surface area contributed by atoms with E-state index < -0.39 is 0 Å². The second kappa shape index (κ2) is 8.40. The van der Waals surface area contributed by atoms with Crippen molar-refractivity contribution in [1.29, 1.82) is 0 Å². The standard InChI is InChI=1S/C18H30N2O/c1-15-7-6-9-17(13-15)20(2)18-10-5-4-8-16(18)14-19-11-12-21-3/h4-5,8,10,15,17,19H,6-7,9,11-14H2,1-3H3. The molecule has 1 aromatic rings. The fourth-order valence-corrected chi connectivity index (χ4v) is 3.35. The van der Waals surface area contributed by atoms with Crippen molar-refractivity contribution in [2.75, 3.05) is 32.2 Å². The van der Waals surface area contributed by atoms with E-state index in [-0.39, 0.29) is 0 Å². The molecule has 118 valence electrons. The van der Waals surface area contributed by atoms with Crippen LogP contribution in [0, 0.1) is 5.92 Å². The van der Waals surface area contributed by atoms with Crippen LogP contribution in [0.15, 0.2) is 24.3 Å². The molecule has 0 radical (unpaired) electrons. The molecular weight excluding hydrogens is 260 g/mol. The van der Waals surface area contributed by atoms with Crippen LogP contribution in [0.5, 0.6) is 0 Å². The summed E-state index contributed by atoms with van der Waals surface area (Å²) in [7, 11) is 4.00. The van der Waals surface area contributed by atoms with Crippen LogP contribution in [0.4, 0.5) is 5.69 Å². The van der Waals surface area contributed by atoms with Gasteiger partial charge in [0.25, 0.3) is 0 Å². The van der Waals surface area contributed by atoms with Crippen LogP contribution in [0.2, 0.25) is 0 Å². The first-order valence-corrected chi connectivity index (χ1v) is 8.22. The second-order valence-corrected chi connectivity index (χ2v) is 6.33. The first-order valence-electron chi connectivity index (χ1n) is 8.22. The maximum Gasteiger partial charge on any atom is 0.0587 e. The van der Waals surface area contributed by atoms with Crippen LogP contribution in [0.25, 0.3) is 0 Å². The van der Waals surface area contributed by atoms with Crippen molar-refractivity contribution in [1.82, 2.24) is 5.32 Å². The number of nitrogens with one attached hydrogen (secondary N) is 1. The summed E-state index contributed by atoms with van der Waals surface area (Å²) in [5.41, 5.74) is 2.76. The predicted molar refractivity (Wildman–Crippen MR) is 89.8 cm³/mol. The molecule has 1 saturated carbocycles. The van der Waals surface area contributed by atoms with Crippen LogP contribution in [0.1, 0.15) is 38.2 Å². The quantitative estimate of drug-likeness (QED) is 0.779. The van der Waals surface area contributed by atoms with Crippen molar-refractivity contribution < 1.29 is 4.74 Å². The lowest BCUT2D eigenvalue weighted by atomic mass is 9.86. The maximum atomic E-state index is 5.09. The zero-order valence-electron chi connectivity index (χ0n) is 13.8. The summed E-state index contributed by atoms with van der Waals surface area (Å²) < 4.78 is 5.09. The van der Waals surface area contributed by atoms with Crippen LogP contribution >= 0.6 is 0 Å². The minimum Gasteiger partial charge on any atom is -0.383 e. The first kappa shape index (κ1) is 16.3. The molecule has 1 aromatic carbocycles. The average Bonchev–Trinajstić information content (AvgIpc) is 2.51. The molecule has 0 spiro atoms. The number of hydrogen-bond acceptors (Lipinski definition) is 3. The number of para-hydroxylation sites is 1. The van der Waals surface area contributed by atoms with Gasteiger partial charge >= 0.3 is 0 Å². The third kappa shape index (κ3) is 4.72. The number of anilines is 1. The van der Waals surface area contributed by atoms with Crippen LogP contribution in [-0.4, -0.2) is 33.4 Å². The Balaban J connectivity index is 2.00. The number of ether oxygens (including phenoxy) is 1. The van der Waals surface area contributed by atoms with Gasteiger partial charge in [-0.1, -0.05) is 38.0 Å². The van der Waals surface area contributed by atoms with E-state index in [9.17, 15) is 0 Å². The molecule has 0 amide bonds. The highest BCUT2D eigenvalue weighted by atomic mass is 16.5. The number of methoxy groups -OCH3 is 1. The van der Waals surface area contributed by atoms with Crippen LogP contribution in [-0.2, 0) is 11.3 Å². The van der Waals surface area contributed by atoms with Gasteiger partial charge in [0.05, 0.1) is 6.61 Å². The summed E-state index contributed by atoms with van der Waals surface area (Å²) in [6.07, 6.45) is 5.41. The fourth-order valence-electron chi connectivity index (χ4n) is 3.35. The number of rotatable bonds is 7. The van der Waals surface area contributed by atoms with E-state index in [1.807, 2.05) is 0 Å². The van der Waals surface area contributed by atoms with Crippen molar-refractivity contribution in [3.63, 3.8) is 0 Å². The fraction of sp³-hybridized carbons (Fsp3) is 0.667. The Kier molecular flexibility index (Phi) is 6.52. The van der Waals surface area contributed by atoms with Gasteiger partial charge in [0, 0.05) is 39.0 Å². The lowest BCUT2D eigenvalue weighted by Crippen LogP contribution is -2.36. The van der Waals surface area contributed by atoms with Gasteiger partial charge in [0.2, 0.25) is 0 Å². The Hall–Kier alpha value is -1.06. The SMILES string of the molecule is COCCNCc1ccccc1N(C)C1CCCC(C)C1. The lowest BCUT2D eigenvalue weighted by Gasteiger charge is -2.36. The molecule has 0 heterocycles. The zero-order chi connectivity index (χ0) is 15.1. The number of benzene rings is 1. The molecule has 0 aromatic heterocycles. The summed E-state index contributed by atoms with van der Waals surface area (Å²) >= 11 is 0. The van der Waals surface area contributed by atoms with Crippen molar-refractivity contribution in [2.24, 2.45) is 5.92 Å². The molecule has 1 aliphatic rings. The molecule has 1 fully saturated rings. The van der Waals surface area contributed by atoms with Gasteiger partial charge < -0.3 is 15.0 Å². The monoisotopic (exact) mass is 290 g/mol. The zero-order valence-corrected chi connectivity index (χ0v) is 13.8. The molecule has 2 unspecified atom stereocenters. The lowest BCUT2D eigenvalue weighted by molar-refractivity contribution is 0.199. The Bertz CT molecular complexity index is 421. The molecule has 3 heteroatoms. The topological polar surface area (TPSA) is 24.5 Å². The Labute approximate surface area is 129 Å². The van der Waals surface area contributed by atoms with E-state index in [0.29, 0.717) is 6.04 Å². The summed E-state index contributed by atoms with van der Waals surface area (Å²) in [6, 6.07) is 9.46. The second-order valence-electron chi connectivity index (χ2n) is 6.33. The third-order valence-electron chi connectivity index (χ3n) is 4.63.